The van der Waals surface area contributed by atoms with Crippen LogP contribution in [-0.4, -0.2) is 31.4 Å². The van der Waals surface area contributed by atoms with Gasteiger partial charge in [-0.15, -0.1) is 0 Å². The van der Waals surface area contributed by atoms with E-state index < -0.39 is 0 Å². The summed E-state index contributed by atoms with van der Waals surface area (Å²) in [6.45, 7) is 1.61. The molecular weight excluding hydrogens is 220 g/mol. The molecule has 1 N–H and O–H groups in total. The molecule has 0 saturated carbocycles. The van der Waals surface area contributed by atoms with Crippen molar-refractivity contribution in [3.63, 3.8) is 0 Å². The van der Waals surface area contributed by atoms with E-state index in [4.69, 9.17) is 9.47 Å². The first-order chi connectivity index (χ1) is 8.15. The summed E-state index contributed by atoms with van der Waals surface area (Å²) >= 11 is 0. The normalized spacial score (nSPS) is 11.9. The number of hydrogen-bond donors (Lipinski definition) is 1. The Balaban J connectivity index is 2.51. The van der Waals surface area contributed by atoms with Gasteiger partial charge < -0.3 is 14.6 Å². The first kappa shape index (κ1) is 13.5. The van der Waals surface area contributed by atoms with Crippen molar-refractivity contribution in [2.24, 2.45) is 5.92 Å². The Morgan fingerprint density at radius 1 is 1.35 bits per heavy atom. The van der Waals surface area contributed by atoms with E-state index in [0.29, 0.717) is 6.42 Å². The Bertz CT molecular complexity index is 345. The van der Waals surface area contributed by atoms with Crippen LogP contribution in [0, 0.1) is 5.92 Å². The second-order valence-electron chi connectivity index (χ2n) is 3.90. The summed E-state index contributed by atoms with van der Waals surface area (Å²) in [5.74, 6) is 0.416. The molecule has 1 atom stereocenters. The molecule has 0 aliphatic carbocycles. The van der Waals surface area contributed by atoms with Gasteiger partial charge in [-0.05, 0) is 24.1 Å². The molecule has 0 unspecified atom stereocenters. The van der Waals surface area contributed by atoms with Crippen molar-refractivity contribution in [3.05, 3.63) is 29.8 Å². The monoisotopic (exact) mass is 238 g/mol. The fourth-order valence-corrected chi connectivity index (χ4v) is 1.51. The zero-order chi connectivity index (χ0) is 12.7. The maximum Gasteiger partial charge on any atom is 0.302 e. The van der Waals surface area contributed by atoms with Crippen LogP contribution < -0.4 is 4.74 Å². The number of ether oxygens (including phenoxy) is 2. The van der Waals surface area contributed by atoms with E-state index in [1.54, 1.807) is 7.11 Å². The molecule has 0 radical (unpaired) electrons. The predicted octanol–water partition coefficient (Wildman–Crippen LogP) is 1.41. The van der Waals surface area contributed by atoms with E-state index >= 15 is 0 Å². The van der Waals surface area contributed by atoms with E-state index in [0.717, 1.165) is 11.3 Å². The van der Waals surface area contributed by atoms with E-state index in [1.165, 1.54) is 6.92 Å². The van der Waals surface area contributed by atoms with Gasteiger partial charge in [-0.2, -0.15) is 0 Å². The average molecular weight is 238 g/mol. The van der Waals surface area contributed by atoms with E-state index in [9.17, 15) is 9.90 Å². The predicted molar refractivity (Wildman–Crippen MR) is 63.9 cm³/mol. The molecular formula is C13H18O4. The number of carbonyl (C=O) groups excluding carboxylic acids is 1. The van der Waals surface area contributed by atoms with Gasteiger partial charge in [-0.3, -0.25) is 4.79 Å². The second kappa shape index (κ2) is 6.91. The van der Waals surface area contributed by atoms with E-state index in [-0.39, 0.29) is 25.1 Å². The van der Waals surface area contributed by atoms with Gasteiger partial charge in [0.2, 0.25) is 0 Å². The van der Waals surface area contributed by atoms with Gasteiger partial charge in [0, 0.05) is 19.4 Å². The molecule has 1 aromatic carbocycles. The molecule has 0 heterocycles. The number of rotatable bonds is 6. The minimum absolute atomic E-state index is 0.000685. The standard InChI is InChI=1S/C13H18O4/c1-10(15)17-9-12(8-14)7-11-3-5-13(16-2)6-4-11/h3-6,12,14H,7-9H2,1-2H3/t12-/m1/s1. The lowest BCUT2D eigenvalue weighted by molar-refractivity contribution is -0.142. The summed E-state index contributed by atoms with van der Waals surface area (Å²) in [6.07, 6.45) is 0.674. The van der Waals surface area contributed by atoms with Crippen molar-refractivity contribution >= 4 is 5.97 Å². The number of benzene rings is 1. The topological polar surface area (TPSA) is 55.8 Å². The van der Waals surface area contributed by atoms with Crippen LogP contribution >= 0.6 is 0 Å². The van der Waals surface area contributed by atoms with Crippen molar-refractivity contribution in [1.82, 2.24) is 0 Å². The average Bonchev–Trinajstić information content (AvgIpc) is 2.35. The van der Waals surface area contributed by atoms with Crippen LogP contribution in [0.25, 0.3) is 0 Å². The molecule has 0 aromatic heterocycles. The molecule has 17 heavy (non-hydrogen) atoms. The van der Waals surface area contributed by atoms with Crippen molar-refractivity contribution in [3.8, 4) is 5.75 Å². The largest absolute Gasteiger partial charge is 0.497 e. The molecule has 0 amide bonds. The molecule has 0 bridgehead atoms. The lowest BCUT2D eigenvalue weighted by Gasteiger charge is -2.14. The lowest BCUT2D eigenvalue weighted by Crippen LogP contribution is -2.18. The summed E-state index contributed by atoms with van der Waals surface area (Å²) in [7, 11) is 1.62. The minimum Gasteiger partial charge on any atom is -0.497 e. The fourth-order valence-electron chi connectivity index (χ4n) is 1.51. The molecule has 1 rings (SSSR count). The fraction of sp³-hybridized carbons (Fsp3) is 0.462. The minimum atomic E-state index is -0.321. The highest BCUT2D eigenvalue weighted by Crippen LogP contribution is 2.14. The number of methoxy groups -OCH3 is 1. The highest BCUT2D eigenvalue weighted by molar-refractivity contribution is 5.65. The Labute approximate surface area is 101 Å². The van der Waals surface area contributed by atoms with Crippen molar-refractivity contribution in [2.45, 2.75) is 13.3 Å². The Morgan fingerprint density at radius 3 is 2.47 bits per heavy atom. The third-order valence-electron chi connectivity index (χ3n) is 2.46. The number of carbonyl (C=O) groups is 1. The number of aliphatic hydroxyl groups excluding tert-OH is 1. The summed E-state index contributed by atoms with van der Waals surface area (Å²) in [5.41, 5.74) is 1.08. The molecule has 0 aliphatic heterocycles. The van der Waals surface area contributed by atoms with Gasteiger partial charge in [0.05, 0.1) is 13.7 Å². The molecule has 0 spiro atoms. The van der Waals surface area contributed by atoms with Crippen molar-refractivity contribution in [1.29, 1.82) is 0 Å². The summed E-state index contributed by atoms with van der Waals surface area (Å²) in [5, 5.41) is 9.19. The Kier molecular flexibility index (Phi) is 5.49. The Morgan fingerprint density at radius 2 is 2.00 bits per heavy atom. The molecule has 1 aromatic rings. The zero-order valence-corrected chi connectivity index (χ0v) is 10.2. The van der Waals surface area contributed by atoms with Crippen molar-refractivity contribution in [2.75, 3.05) is 20.3 Å². The van der Waals surface area contributed by atoms with Gasteiger partial charge in [0.1, 0.15) is 5.75 Å². The van der Waals surface area contributed by atoms with E-state index in [1.807, 2.05) is 24.3 Å². The summed E-state index contributed by atoms with van der Waals surface area (Å²) < 4.78 is 9.95. The zero-order valence-electron chi connectivity index (χ0n) is 10.2. The summed E-state index contributed by atoms with van der Waals surface area (Å²) in [4.78, 5) is 10.7. The van der Waals surface area contributed by atoms with Gasteiger partial charge in [-0.25, -0.2) is 0 Å². The van der Waals surface area contributed by atoms with Crippen LogP contribution in [0.15, 0.2) is 24.3 Å². The molecule has 4 heteroatoms. The smallest absolute Gasteiger partial charge is 0.302 e. The maximum atomic E-state index is 10.7. The quantitative estimate of drug-likeness (QED) is 0.761. The lowest BCUT2D eigenvalue weighted by atomic mass is 10.0. The van der Waals surface area contributed by atoms with Crippen LogP contribution in [0.1, 0.15) is 12.5 Å². The van der Waals surface area contributed by atoms with Crippen LogP contribution in [-0.2, 0) is 16.0 Å². The van der Waals surface area contributed by atoms with E-state index in [2.05, 4.69) is 0 Å². The van der Waals surface area contributed by atoms with Crippen LogP contribution in [0.4, 0.5) is 0 Å². The van der Waals surface area contributed by atoms with Gasteiger partial charge in [0.15, 0.2) is 0 Å². The van der Waals surface area contributed by atoms with Crippen LogP contribution in [0.3, 0.4) is 0 Å². The van der Waals surface area contributed by atoms with Crippen LogP contribution in [0.5, 0.6) is 5.75 Å². The van der Waals surface area contributed by atoms with Gasteiger partial charge >= 0.3 is 5.97 Å². The molecule has 0 saturated heterocycles. The second-order valence-corrected chi connectivity index (χ2v) is 3.90. The number of aliphatic hydroxyl groups is 1. The third kappa shape index (κ3) is 4.87. The maximum absolute atomic E-state index is 10.7. The summed E-state index contributed by atoms with van der Waals surface area (Å²) in [6, 6.07) is 7.62. The molecule has 94 valence electrons. The Hall–Kier alpha value is -1.55. The van der Waals surface area contributed by atoms with Gasteiger partial charge in [-0.1, -0.05) is 12.1 Å². The van der Waals surface area contributed by atoms with Gasteiger partial charge in [0.25, 0.3) is 0 Å². The third-order valence-corrected chi connectivity index (χ3v) is 2.46. The highest BCUT2D eigenvalue weighted by Gasteiger charge is 2.10. The first-order valence-corrected chi connectivity index (χ1v) is 5.53. The van der Waals surface area contributed by atoms with Crippen LogP contribution in [0.2, 0.25) is 0 Å². The van der Waals surface area contributed by atoms with Crippen molar-refractivity contribution < 1.29 is 19.4 Å². The number of esters is 1. The number of hydrogen-bond acceptors (Lipinski definition) is 4. The molecule has 4 nitrogen and oxygen atoms in total. The first-order valence-electron chi connectivity index (χ1n) is 5.53. The SMILES string of the molecule is COc1ccc(C[C@H](CO)COC(C)=O)cc1. The highest BCUT2D eigenvalue weighted by atomic mass is 16.5. The molecule has 0 fully saturated rings. The molecule has 0 aliphatic rings.